The number of nitrogens with one attached hydrogen (secondary N) is 2. The number of likely N-dealkylation sites (tertiary alicyclic amines) is 1. The minimum absolute atomic E-state index is 0.189. The third kappa shape index (κ3) is 7.91. The maximum Gasteiger partial charge on any atom is 0.408 e. The summed E-state index contributed by atoms with van der Waals surface area (Å²) in [5.74, 6) is -0.939. The van der Waals surface area contributed by atoms with Gasteiger partial charge in [-0.3, -0.25) is 14.4 Å². The molecule has 1 aliphatic rings. The molecule has 0 spiro atoms. The van der Waals surface area contributed by atoms with Gasteiger partial charge >= 0.3 is 6.09 Å². The smallest absolute Gasteiger partial charge is 0.408 e. The lowest BCUT2D eigenvalue weighted by Crippen LogP contribution is -2.50. The average Bonchev–Trinajstić information content (AvgIpc) is 3.41. The number of rotatable bonds is 7. The molecule has 2 atom stereocenters. The average molecular weight is 536 g/mol. The van der Waals surface area contributed by atoms with Crippen molar-refractivity contribution in [2.24, 2.45) is 0 Å². The molecule has 39 heavy (non-hydrogen) atoms. The molecule has 0 radical (unpaired) electrons. The number of aromatic nitrogens is 1. The van der Waals surface area contributed by atoms with Crippen molar-refractivity contribution in [2.75, 3.05) is 18.9 Å². The Labute approximate surface area is 226 Å². The standard InChI is InChI=1S/C26H29N5O4.C2H4O2/c1-2-35-26(34)30-22(18-7-4-3-5-8-18)25(33)31-14-6-9-21(31)24(32)29-16-17-10-11-20-19(15-17)12-13-28-23(20)27;1-2(3)4/h3-5,7-8,10-13,15,21-22H,2,6,9,14,16H2,1H3,(H2,27,28)(H,29,32)(H,30,34);1H3,(H,3,4)/t21-,22+;/m0./s1. The summed E-state index contributed by atoms with van der Waals surface area (Å²) in [4.78, 5) is 53.4. The highest BCUT2D eigenvalue weighted by Gasteiger charge is 2.38. The van der Waals surface area contributed by atoms with Gasteiger partial charge in [-0.15, -0.1) is 0 Å². The number of aliphatic carboxylic acids is 1. The highest BCUT2D eigenvalue weighted by Crippen LogP contribution is 2.25. The molecule has 3 aromatic rings. The minimum Gasteiger partial charge on any atom is -0.481 e. The van der Waals surface area contributed by atoms with E-state index in [0.717, 1.165) is 23.3 Å². The van der Waals surface area contributed by atoms with E-state index in [1.54, 1.807) is 42.3 Å². The number of fused-ring (bicyclic) bond motifs is 1. The highest BCUT2D eigenvalue weighted by atomic mass is 16.5. The molecular formula is C28H33N5O6. The largest absolute Gasteiger partial charge is 0.481 e. The van der Waals surface area contributed by atoms with Gasteiger partial charge in [0.15, 0.2) is 0 Å². The van der Waals surface area contributed by atoms with E-state index in [-0.39, 0.29) is 18.4 Å². The van der Waals surface area contributed by atoms with Crippen molar-refractivity contribution in [2.45, 2.75) is 45.3 Å². The number of nitrogens with zero attached hydrogens (tertiary/aromatic N) is 2. The molecule has 0 saturated carbocycles. The van der Waals surface area contributed by atoms with Crippen molar-refractivity contribution >= 4 is 40.5 Å². The second kappa shape index (κ2) is 13.8. The van der Waals surface area contributed by atoms with Gasteiger partial charge in [-0.1, -0.05) is 42.5 Å². The first kappa shape index (κ1) is 28.9. The Bertz CT molecular complexity index is 1310. The fourth-order valence-corrected chi connectivity index (χ4v) is 4.36. The number of carbonyl (C=O) groups excluding carboxylic acids is 3. The van der Waals surface area contributed by atoms with Crippen LogP contribution in [0.4, 0.5) is 10.6 Å². The Balaban J connectivity index is 0.000000983. The summed E-state index contributed by atoms with van der Waals surface area (Å²) < 4.78 is 4.99. The first-order valence-corrected chi connectivity index (χ1v) is 12.6. The van der Waals surface area contributed by atoms with E-state index in [1.165, 1.54) is 0 Å². The molecule has 11 heteroatoms. The maximum absolute atomic E-state index is 13.5. The van der Waals surface area contributed by atoms with E-state index < -0.39 is 24.1 Å². The van der Waals surface area contributed by atoms with Crippen LogP contribution in [0.15, 0.2) is 60.8 Å². The lowest BCUT2D eigenvalue weighted by Gasteiger charge is -2.28. The van der Waals surface area contributed by atoms with Gasteiger partial charge in [0.25, 0.3) is 11.9 Å². The summed E-state index contributed by atoms with van der Waals surface area (Å²) >= 11 is 0. The van der Waals surface area contributed by atoms with Crippen LogP contribution in [-0.2, 0) is 25.7 Å². The molecule has 206 valence electrons. The fourth-order valence-electron chi connectivity index (χ4n) is 4.36. The molecule has 2 heterocycles. The highest BCUT2D eigenvalue weighted by molar-refractivity contribution is 5.93. The van der Waals surface area contributed by atoms with Gasteiger partial charge in [-0.2, -0.15) is 0 Å². The quantitative estimate of drug-likeness (QED) is 0.359. The van der Waals surface area contributed by atoms with Crippen LogP contribution in [0, 0.1) is 0 Å². The van der Waals surface area contributed by atoms with Crippen LogP contribution < -0.4 is 16.4 Å². The predicted molar refractivity (Wildman–Crippen MR) is 145 cm³/mol. The molecule has 1 saturated heterocycles. The maximum atomic E-state index is 13.5. The lowest BCUT2D eigenvalue weighted by molar-refractivity contribution is -0.140. The Hall–Kier alpha value is -4.67. The SMILES string of the molecule is CC(=O)O.CCOC(=O)N[C@@H](C(=O)N1CCC[C@H]1C(=O)NCc1ccc2c(N)nccc2c1)c1ccccc1. The molecule has 2 aromatic carbocycles. The fraction of sp³-hybridized carbons (Fsp3) is 0.321. The number of alkyl carbamates (subject to hydrolysis) is 1. The van der Waals surface area contributed by atoms with E-state index in [0.29, 0.717) is 37.3 Å². The van der Waals surface area contributed by atoms with Crippen molar-refractivity contribution in [1.82, 2.24) is 20.5 Å². The van der Waals surface area contributed by atoms with Gasteiger partial charge < -0.3 is 31.1 Å². The second-order valence-electron chi connectivity index (χ2n) is 8.89. The van der Waals surface area contributed by atoms with E-state index in [1.807, 2.05) is 30.3 Å². The molecule has 1 aliphatic heterocycles. The number of amides is 3. The lowest BCUT2D eigenvalue weighted by atomic mass is 10.0. The number of nitrogens with two attached hydrogens (primary N) is 1. The normalized spacial score (nSPS) is 15.0. The van der Waals surface area contributed by atoms with Crippen molar-refractivity contribution in [1.29, 1.82) is 0 Å². The number of hydrogen-bond acceptors (Lipinski definition) is 7. The zero-order valence-electron chi connectivity index (χ0n) is 21.9. The van der Waals surface area contributed by atoms with Gasteiger partial charge in [-0.05, 0) is 48.4 Å². The molecule has 0 aliphatic carbocycles. The minimum atomic E-state index is -0.941. The summed E-state index contributed by atoms with van der Waals surface area (Å²) in [6.45, 7) is 3.72. The zero-order valence-corrected chi connectivity index (χ0v) is 21.9. The molecule has 0 unspecified atom stereocenters. The Morgan fingerprint density at radius 2 is 1.87 bits per heavy atom. The van der Waals surface area contributed by atoms with Crippen molar-refractivity contribution < 1.29 is 29.0 Å². The first-order valence-electron chi connectivity index (χ1n) is 12.6. The molecule has 1 fully saturated rings. The van der Waals surface area contributed by atoms with E-state index >= 15 is 0 Å². The van der Waals surface area contributed by atoms with Crippen LogP contribution in [0.1, 0.15) is 43.9 Å². The monoisotopic (exact) mass is 535 g/mol. The van der Waals surface area contributed by atoms with Crippen LogP contribution >= 0.6 is 0 Å². The van der Waals surface area contributed by atoms with Crippen LogP contribution in [-0.4, -0.2) is 58.1 Å². The number of nitrogen functional groups attached to an aromatic ring is 1. The zero-order chi connectivity index (χ0) is 28.4. The van der Waals surface area contributed by atoms with Gasteiger partial charge in [-0.25, -0.2) is 9.78 Å². The third-order valence-corrected chi connectivity index (χ3v) is 6.08. The molecule has 5 N–H and O–H groups in total. The number of carboxylic acid groups (broad SMARTS) is 1. The molecular weight excluding hydrogens is 502 g/mol. The van der Waals surface area contributed by atoms with Crippen LogP contribution in [0.25, 0.3) is 10.8 Å². The topological polar surface area (TPSA) is 164 Å². The summed E-state index contributed by atoms with van der Waals surface area (Å²) in [5, 5.41) is 14.8. The van der Waals surface area contributed by atoms with Gasteiger partial charge in [0.05, 0.1) is 6.61 Å². The van der Waals surface area contributed by atoms with Gasteiger partial charge in [0, 0.05) is 31.6 Å². The van der Waals surface area contributed by atoms with Crippen molar-refractivity contribution in [3.63, 3.8) is 0 Å². The predicted octanol–water partition coefficient (Wildman–Crippen LogP) is 3.00. The number of anilines is 1. The molecule has 11 nitrogen and oxygen atoms in total. The van der Waals surface area contributed by atoms with E-state index in [2.05, 4.69) is 15.6 Å². The molecule has 3 amide bonds. The van der Waals surface area contributed by atoms with Crippen molar-refractivity contribution in [3.05, 3.63) is 71.9 Å². The number of ether oxygens (including phenoxy) is 1. The summed E-state index contributed by atoms with van der Waals surface area (Å²) in [6.07, 6.45) is 2.23. The molecule has 4 rings (SSSR count). The van der Waals surface area contributed by atoms with Crippen molar-refractivity contribution in [3.8, 4) is 0 Å². The number of benzene rings is 2. The molecule has 1 aromatic heterocycles. The van der Waals surface area contributed by atoms with Crippen LogP contribution in [0.5, 0.6) is 0 Å². The molecule has 0 bridgehead atoms. The summed E-state index contributed by atoms with van der Waals surface area (Å²) in [6, 6.07) is 15.0. The Morgan fingerprint density at radius 1 is 1.15 bits per heavy atom. The Morgan fingerprint density at radius 3 is 2.56 bits per heavy atom. The van der Waals surface area contributed by atoms with Crippen LogP contribution in [0.3, 0.4) is 0 Å². The first-order chi connectivity index (χ1) is 18.7. The summed E-state index contributed by atoms with van der Waals surface area (Å²) in [7, 11) is 0. The number of carbonyl (C=O) groups is 4. The second-order valence-corrected chi connectivity index (χ2v) is 8.89. The van der Waals surface area contributed by atoms with Gasteiger partial charge in [0.1, 0.15) is 17.9 Å². The number of carboxylic acids is 1. The van der Waals surface area contributed by atoms with Gasteiger partial charge in [0.2, 0.25) is 5.91 Å². The Kier molecular flexibility index (Phi) is 10.2. The van der Waals surface area contributed by atoms with E-state index in [4.69, 9.17) is 20.4 Å². The third-order valence-electron chi connectivity index (χ3n) is 6.08. The summed E-state index contributed by atoms with van der Waals surface area (Å²) in [5.41, 5.74) is 7.46. The van der Waals surface area contributed by atoms with Crippen LogP contribution in [0.2, 0.25) is 0 Å². The number of pyridine rings is 1. The van der Waals surface area contributed by atoms with E-state index in [9.17, 15) is 14.4 Å². The number of hydrogen-bond donors (Lipinski definition) is 4.